The van der Waals surface area contributed by atoms with Gasteiger partial charge < -0.3 is 11.1 Å². The number of hydrogen-bond acceptors (Lipinski definition) is 4. The van der Waals surface area contributed by atoms with Crippen LogP contribution in [0.4, 0.5) is 11.5 Å². The molecule has 0 spiro atoms. The molecule has 2 aromatic rings. The maximum absolute atomic E-state index is 6.11. The second-order valence-corrected chi connectivity index (χ2v) is 4.80. The minimum absolute atomic E-state index is 0.324. The van der Waals surface area contributed by atoms with Crippen LogP contribution in [0.5, 0.6) is 0 Å². The molecule has 98 valence electrons. The van der Waals surface area contributed by atoms with Gasteiger partial charge in [0.15, 0.2) is 0 Å². The van der Waals surface area contributed by atoms with E-state index >= 15 is 0 Å². The second kappa shape index (κ2) is 4.72. The van der Waals surface area contributed by atoms with E-state index < -0.39 is 0 Å². The lowest BCUT2D eigenvalue weighted by Gasteiger charge is -2.06. The first-order chi connectivity index (χ1) is 8.49. The molecule has 0 amide bonds. The van der Waals surface area contributed by atoms with E-state index in [0.717, 1.165) is 22.8 Å². The van der Waals surface area contributed by atoms with Crippen molar-refractivity contribution in [3.63, 3.8) is 0 Å². The number of nitrogen functional groups attached to an aromatic ring is 1. The molecule has 6 heteroatoms. The molecule has 0 aromatic carbocycles. The Kier molecular flexibility index (Phi) is 3.27. The highest BCUT2D eigenvalue weighted by atomic mass is 15.3. The Hall–Kier alpha value is -1.98. The maximum Gasteiger partial charge on any atom is 0.148 e. The van der Waals surface area contributed by atoms with Crippen LogP contribution in [0.15, 0.2) is 12.4 Å². The minimum Gasteiger partial charge on any atom is -0.394 e. The van der Waals surface area contributed by atoms with Crippen LogP contribution in [0, 0.1) is 0 Å². The van der Waals surface area contributed by atoms with E-state index in [4.69, 9.17) is 5.73 Å². The Morgan fingerprint density at radius 3 is 2.61 bits per heavy atom. The fourth-order valence-electron chi connectivity index (χ4n) is 1.95. The third-order valence-corrected chi connectivity index (χ3v) is 2.88. The van der Waals surface area contributed by atoms with Crippen molar-refractivity contribution in [2.75, 3.05) is 11.1 Å². The standard InChI is InChI=1S/C12H20N6/c1-8(2)11-10(13)12(18(4)16-11)14-5-9-6-15-17(3)7-9/h6-8,14H,5,13H2,1-4H3. The van der Waals surface area contributed by atoms with Crippen LogP contribution < -0.4 is 11.1 Å². The van der Waals surface area contributed by atoms with Crippen molar-refractivity contribution in [1.82, 2.24) is 19.6 Å². The lowest BCUT2D eigenvalue weighted by Crippen LogP contribution is -2.05. The molecule has 2 rings (SSSR count). The summed E-state index contributed by atoms with van der Waals surface area (Å²) >= 11 is 0. The molecule has 0 radical (unpaired) electrons. The van der Waals surface area contributed by atoms with E-state index in [1.165, 1.54) is 0 Å². The average Bonchev–Trinajstić information content (AvgIpc) is 2.82. The van der Waals surface area contributed by atoms with Crippen LogP contribution in [-0.2, 0) is 20.6 Å². The highest BCUT2D eigenvalue weighted by Gasteiger charge is 2.15. The molecule has 2 heterocycles. The number of rotatable bonds is 4. The Morgan fingerprint density at radius 1 is 1.39 bits per heavy atom. The summed E-state index contributed by atoms with van der Waals surface area (Å²) in [5.41, 5.74) is 8.89. The van der Waals surface area contributed by atoms with Gasteiger partial charge in [0.25, 0.3) is 0 Å². The number of nitrogens with two attached hydrogens (primary N) is 1. The molecule has 0 aliphatic carbocycles. The number of aromatic nitrogens is 4. The lowest BCUT2D eigenvalue weighted by atomic mass is 10.1. The number of anilines is 2. The topological polar surface area (TPSA) is 73.7 Å². The van der Waals surface area contributed by atoms with Gasteiger partial charge in [-0.25, -0.2) is 0 Å². The van der Waals surface area contributed by atoms with Crippen molar-refractivity contribution in [2.45, 2.75) is 26.3 Å². The van der Waals surface area contributed by atoms with Crippen molar-refractivity contribution < 1.29 is 0 Å². The monoisotopic (exact) mass is 248 g/mol. The smallest absolute Gasteiger partial charge is 0.148 e. The average molecular weight is 248 g/mol. The fourth-order valence-corrected chi connectivity index (χ4v) is 1.95. The van der Waals surface area contributed by atoms with Gasteiger partial charge in [-0.2, -0.15) is 10.2 Å². The highest BCUT2D eigenvalue weighted by molar-refractivity contribution is 5.65. The molecule has 2 aromatic heterocycles. The quantitative estimate of drug-likeness (QED) is 0.859. The Balaban J connectivity index is 2.14. The summed E-state index contributed by atoms with van der Waals surface area (Å²) in [6.45, 7) is 4.86. The Bertz CT molecular complexity index is 537. The normalized spacial score (nSPS) is 11.2. The van der Waals surface area contributed by atoms with Crippen molar-refractivity contribution in [3.05, 3.63) is 23.7 Å². The molecule has 0 bridgehead atoms. The zero-order valence-electron chi connectivity index (χ0n) is 11.3. The zero-order valence-corrected chi connectivity index (χ0v) is 11.3. The van der Waals surface area contributed by atoms with E-state index in [9.17, 15) is 0 Å². The number of hydrogen-bond donors (Lipinski definition) is 2. The van der Waals surface area contributed by atoms with Crippen molar-refractivity contribution in [2.24, 2.45) is 14.1 Å². The summed E-state index contributed by atoms with van der Waals surface area (Å²) in [5, 5.41) is 11.9. The molecule has 18 heavy (non-hydrogen) atoms. The maximum atomic E-state index is 6.11. The van der Waals surface area contributed by atoms with E-state index in [1.54, 1.807) is 9.36 Å². The minimum atomic E-state index is 0.324. The van der Waals surface area contributed by atoms with Crippen molar-refractivity contribution in [3.8, 4) is 0 Å². The molecule has 3 N–H and O–H groups in total. The summed E-state index contributed by atoms with van der Waals surface area (Å²) in [5.74, 6) is 1.19. The predicted octanol–water partition coefficient (Wildman–Crippen LogP) is 1.47. The van der Waals surface area contributed by atoms with Gasteiger partial charge in [0.05, 0.1) is 17.6 Å². The van der Waals surface area contributed by atoms with Crippen LogP contribution in [0.2, 0.25) is 0 Å². The molecule has 0 aliphatic heterocycles. The van der Waals surface area contributed by atoms with Crippen LogP contribution >= 0.6 is 0 Å². The first kappa shape index (κ1) is 12.5. The van der Waals surface area contributed by atoms with Gasteiger partial charge in [0, 0.05) is 32.4 Å². The number of nitrogens with zero attached hydrogens (tertiary/aromatic N) is 4. The largest absolute Gasteiger partial charge is 0.394 e. The van der Waals surface area contributed by atoms with Gasteiger partial charge in [0.1, 0.15) is 5.82 Å². The van der Waals surface area contributed by atoms with E-state index in [2.05, 4.69) is 29.4 Å². The SMILES string of the molecule is CC(C)c1nn(C)c(NCc2cnn(C)c2)c1N. The molecule has 6 nitrogen and oxygen atoms in total. The van der Waals surface area contributed by atoms with Crippen molar-refractivity contribution in [1.29, 1.82) is 0 Å². The first-order valence-corrected chi connectivity index (χ1v) is 6.02. The third kappa shape index (κ3) is 2.32. The molecule has 0 fully saturated rings. The summed E-state index contributed by atoms with van der Waals surface area (Å²) in [4.78, 5) is 0. The van der Waals surface area contributed by atoms with Gasteiger partial charge in [0.2, 0.25) is 0 Å². The molecule has 0 unspecified atom stereocenters. The van der Waals surface area contributed by atoms with Crippen LogP contribution in [0.3, 0.4) is 0 Å². The van der Waals surface area contributed by atoms with Gasteiger partial charge in [-0.05, 0) is 5.92 Å². The summed E-state index contributed by atoms with van der Waals surface area (Å²) in [6.07, 6.45) is 3.81. The highest BCUT2D eigenvalue weighted by Crippen LogP contribution is 2.27. The molecular formula is C12H20N6. The molecule has 0 saturated carbocycles. The lowest BCUT2D eigenvalue weighted by molar-refractivity contribution is 0.715. The summed E-state index contributed by atoms with van der Waals surface area (Å²) < 4.78 is 3.57. The van der Waals surface area contributed by atoms with Gasteiger partial charge >= 0.3 is 0 Å². The van der Waals surface area contributed by atoms with Gasteiger partial charge in [-0.15, -0.1) is 0 Å². The first-order valence-electron chi connectivity index (χ1n) is 6.02. The predicted molar refractivity (Wildman–Crippen MR) is 72.2 cm³/mol. The van der Waals surface area contributed by atoms with E-state index in [1.807, 2.05) is 26.5 Å². The van der Waals surface area contributed by atoms with Crippen LogP contribution in [0.1, 0.15) is 31.0 Å². The van der Waals surface area contributed by atoms with Gasteiger partial charge in [-0.1, -0.05) is 13.8 Å². The molecule has 0 saturated heterocycles. The summed E-state index contributed by atoms with van der Waals surface area (Å²) in [6, 6.07) is 0. The second-order valence-electron chi connectivity index (χ2n) is 4.80. The summed E-state index contributed by atoms with van der Waals surface area (Å²) in [7, 11) is 3.80. The molecule has 0 atom stereocenters. The van der Waals surface area contributed by atoms with Gasteiger partial charge in [-0.3, -0.25) is 9.36 Å². The van der Waals surface area contributed by atoms with Crippen LogP contribution in [-0.4, -0.2) is 19.6 Å². The molecule has 0 aliphatic rings. The van der Waals surface area contributed by atoms with E-state index in [0.29, 0.717) is 12.5 Å². The third-order valence-electron chi connectivity index (χ3n) is 2.88. The number of aryl methyl sites for hydroxylation is 2. The Morgan fingerprint density at radius 2 is 2.11 bits per heavy atom. The molecular weight excluding hydrogens is 228 g/mol. The van der Waals surface area contributed by atoms with Crippen molar-refractivity contribution >= 4 is 11.5 Å². The Labute approximate surface area is 107 Å². The fraction of sp³-hybridized carbons (Fsp3) is 0.500. The zero-order chi connectivity index (χ0) is 13.3. The van der Waals surface area contributed by atoms with E-state index in [-0.39, 0.29) is 0 Å². The van der Waals surface area contributed by atoms with Crippen LogP contribution in [0.25, 0.3) is 0 Å². The number of nitrogens with one attached hydrogen (secondary N) is 1.